The van der Waals surface area contributed by atoms with Gasteiger partial charge >= 0.3 is 0 Å². The number of para-hydroxylation sites is 4. The maximum atomic E-state index is 13.0. The molecule has 46 heavy (non-hydrogen) atoms. The Morgan fingerprint density at radius 3 is 2.00 bits per heavy atom. The maximum absolute atomic E-state index is 13.0. The van der Waals surface area contributed by atoms with Gasteiger partial charge in [-0.25, -0.2) is 4.68 Å². The average molecular weight is 653 g/mol. The molecule has 2 fully saturated rings. The van der Waals surface area contributed by atoms with Gasteiger partial charge in [-0.05, 0) is 57.5 Å². The number of methoxy groups -OCH3 is 1. The van der Waals surface area contributed by atoms with Crippen molar-refractivity contribution < 1.29 is 14.2 Å². The summed E-state index contributed by atoms with van der Waals surface area (Å²) in [6.07, 6.45) is 4.96. The van der Waals surface area contributed by atoms with E-state index >= 15 is 0 Å². The molecule has 11 heteroatoms. The molecule has 3 heterocycles. The average Bonchev–Trinajstić information content (AvgIpc) is 3.07. The van der Waals surface area contributed by atoms with Crippen LogP contribution in [-0.2, 0) is 6.54 Å². The summed E-state index contributed by atoms with van der Waals surface area (Å²) in [6, 6.07) is 16.0. The first-order chi connectivity index (χ1) is 22.4. The molecule has 1 aromatic heterocycles. The number of piperazine rings is 2. The zero-order valence-electron chi connectivity index (χ0n) is 27.6. The number of aryl methyl sites for hydroxylation is 1. The van der Waals surface area contributed by atoms with Gasteiger partial charge in [0.05, 0.1) is 30.8 Å². The van der Waals surface area contributed by atoms with Gasteiger partial charge in [0, 0.05) is 65.4 Å². The largest absolute Gasteiger partial charge is 0.493 e. The van der Waals surface area contributed by atoms with E-state index in [1.165, 1.54) is 10.4 Å². The third-order valence-electron chi connectivity index (χ3n) is 8.70. The lowest BCUT2D eigenvalue weighted by molar-refractivity contribution is 0.197. The molecule has 2 aromatic carbocycles. The van der Waals surface area contributed by atoms with Gasteiger partial charge in [-0.15, -0.1) is 0 Å². The number of benzene rings is 2. The van der Waals surface area contributed by atoms with E-state index in [1.807, 2.05) is 30.3 Å². The van der Waals surface area contributed by atoms with E-state index in [9.17, 15) is 4.79 Å². The number of anilines is 2. The summed E-state index contributed by atoms with van der Waals surface area (Å²) in [6.45, 7) is 14.6. The lowest BCUT2D eigenvalue weighted by Crippen LogP contribution is -2.48. The monoisotopic (exact) mass is 652 g/mol. The highest BCUT2D eigenvalue weighted by Crippen LogP contribution is 2.30. The van der Waals surface area contributed by atoms with Crippen LogP contribution in [0, 0.1) is 0 Å². The Kier molecular flexibility index (Phi) is 12.4. The Morgan fingerprint density at radius 2 is 1.33 bits per heavy atom. The van der Waals surface area contributed by atoms with E-state index in [2.05, 4.69) is 56.7 Å². The van der Waals surface area contributed by atoms with Crippen molar-refractivity contribution in [3.05, 3.63) is 70.1 Å². The van der Waals surface area contributed by atoms with Gasteiger partial charge in [0.1, 0.15) is 17.4 Å². The van der Waals surface area contributed by atoms with Crippen LogP contribution in [0.5, 0.6) is 17.2 Å². The van der Waals surface area contributed by atoms with E-state index in [0.29, 0.717) is 13.2 Å². The molecule has 2 saturated heterocycles. The van der Waals surface area contributed by atoms with Crippen LogP contribution >= 0.6 is 11.6 Å². The van der Waals surface area contributed by atoms with Crippen LogP contribution in [0.4, 0.5) is 11.4 Å². The quantitative estimate of drug-likeness (QED) is 0.214. The second-order valence-corrected chi connectivity index (χ2v) is 12.6. The number of unbranched alkanes of at least 4 members (excludes halogenated alkanes) is 2. The molecule has 3 aromatic rings. The normalized spacial score (nSPS) is 16.2. The molecule has 2 aliphatic heterocycles. The summed E-state index contributed by atoms with van der Waals surface area (Å²) in [5, 5.41) is 4.75. The van der Waals surface area contributed by atoms with E-state index in [4.69, 9.17) is 25.8 Å². The van der Waals surface area contributed by atoms with E-state index in [1.54, 1.807) is 13.3 Å². The van der Waals surface area contributed by atoms with Crippen LogP contribution < -0.4 is 29.6 Å². The molecule has 10 nitrogen and oxygen atoms in total. The molecule has 0 radical (unpaired) electrons. The van der Waals surface area contributed by atoms with Crippen molar-refractivity contribution >= 4 is 23.0 Å². The first-order valence-electron chi connectivity index (χ1n) is 16.6. The summed E-state index contributed by atoms with van der Waals surface area (Å²) in [5.41, 5.74) is 1.71. The minimum atomic E-state index is -0.204. The molecule has 0 aliphatic carbocycles. The van der Waals surface area contributed by atoms with Gasteiger partial charge in [0.25, 0.3) is 5.56 Å². The fraction of sp³-hybridized carbons (Fsp3) is 0.543. The predicted molar refractivity (Wildman–Crippen MR) is 185 cm³/mol. The maximum Gasteiger partial charge on any atom is 0.287 e. The van der Waals surface area contributed by atoms with Gasteiger partial charge < -0.3 is 24.0 Å². The Hall–Kier alpha value is -3.47. The first-order valence-corrected chi connectivity index (χ1v) is 17.0. The standard InChI is InChI=1S/C35H49ClN6O4/c1-28(2)46-31-12-6-5-11-29(31)40-21-17-38(18-22-40)15-9-4-10-16-42-35(43)34(36)30(27-37-42)41-23-19-39(20-24-41)25-26-45-33-14-8-7-13-32(33)44-3/h5-8,11-14,27-28H,4,9-10,15-26H2,1-3H3. The Bertz CT molecular complexity index is 1440. The number of hydrogen-bond donors (Lipinski definition) is 0. The van der Waals surface area contributed by atoms with Crippen molar-refractivity contribution in [3.63, 3.8) is 0 Å². The van der Waals surface area contributed by atoms with Crippen LogP contribution in [0.25, 0.3) is 0 Å². The van der Waals surface area contributed by atoms with E-state index in [-0.39, 0.29) is 16.7 Å². The second-order valence-electron chi connectivity index (χ2n) is 12.2. The number of hydrogen-bond acceptors (Lipinski definition) is 9. The van der Waals surface area contributed by atoms with Crippen molar-refractivity contribution in [2.45, 2.75) is 45.8 Å². The molecular weight excluding hydrogens is 604 g/mol. The zero-order chi connectivity index (χ0) is 32.3. The third kappa shape index (κ3) is 9.08. The Morgan fingerprint density at radius 1 is 0.739 bits per heavy atom. The molecule has 5 rings (SSSR count). The highest BCUT2D eigenvalue weighted by molar-refractivity contribution is 6.33. The van der Waals surface area contributed by atoms with Crippen molar-refractivity contribution in [2.75, 3.05) is 89.0 Å². The topological polar surface area (TPSA) is 75.5 Å². The minimum Gasteiger partial charge on any atom is -0.493 e. The molecular formula is C35H49ClN6O4. The summed E-state index contributed by atoms with van der Waals surface area (Å²) in [5.74, 6) is 2.46. The fourth-order valence-electron chi connectivity index (χ4n) is 6.13. The van der Waals surface area contributed by atoms with E-state index < -0.39 is 0 Å². The Balaban J connectivity index is 0.992. The van der Waals surface area contributed by atoms with Gasteiger partial charge in [-0.3, -0.25) is 14.6 Å². The van der Waals surface area contributed by atoms with Crippen LogP contribution in [0.2, 0.25) is 5.02 Å². The van der Waals surface area contributed by atoms with Gasteiger partial charge in [-0.2, -0.15) is 5.10 Å². The predicted octanol–water partition coefficient (Wildman–Crippen LogP) is 4.89. The number of nitrogens with zero attached hydrogens (tertiary/aromatic N) is 6. The molecule has 2 aliphatic rings. The van der Waals surface area contributed by atoms with Crippen LogP contribution in [-0.4, -0.2) is 105 Å². The van der Waals surface area contributed by atoms with Crippen molar-refractivity contribution in [1.29, 1.82) is 0 Å². The number of halogens is 1. The third-order valence-corrected chi connectivity index (χ3v) is 9.05. The molecule has 0 atom stereocenters. The smallest absolute Gasteiger partial charge is 0.287 e. The van der Waals surface area contributed by atoms with Crippen molar-refractivity contribution in [1.82, 2.24) is 19.6 Å². The lowest BCUT2D eigenvalue weighted by atomic mass is 10.2. The molecule has 0 unspecified atom stereocenters. The van der Waals surface area contributed by atoms with Crippen LogP contribution in [0.15, 0.2) is 59.5 Å². The van der Waals surface area contributed by atoms with Gasteiger partial charge in [0.2, 0.25) is 0 Å². The Labute approximate surface area is 278 Å². The number of rotatable bonds is 15. The second kappa shape index (κ2) is 16.9. The highest BCUT2D eigenvalue weighted by atomic mass is 35.5. The first kappa shape index (κ1) is 33.9. The summed E-state index contributed by atoms with van der Waals surface area (Å²) in [4.78, 5) is 22.5. The molecule has 0 amide bonds. The van der Waals surface area contributed by atoms with Gasteiger partial charge in [0.15, 0.2) is 11.5 Å². The number of ether oxygens (including phenoxy) is 3. The molecule has 0 N–H and O–H groups in total. The lowest BCUT2D eigenvalue weighted by Gasteiger charge is -2.37. The SMILES string of the molecule is COc1ccccc1OCCN1CCN(c2cnn(CCCCCN3CCN(c4ccccc4OC(C)C)CC3)c(=O)c2Cl)CC1. The van der Waals surface area contributed by atoms with Crippen LogP contribution in [0.1, 0.15) is 33.1 Å². The molecule has 250 valence electrons. The zero-order valence-corrected chi connectivity index (χ0v) is 28.3. The molecule has 0 bridgehead atoms. The highest BCUT2D eigenvalue weighted by Gasteiger charge is 2.22. The molecule has 0 spiro atoms. The molecule has 0 saturated carbocycles. The summed E-state index contributed by atoms with van der Waals surface area (Å²) < 4.78 is 18.9. The summed E-state index contributed by atoms with van der Waals surface area (Å²) in [7, 11) is 1.65. The van der Waals surface area contributed by atoms with Crippen molar-refractivity contribution in [3.8, 4) is 17.2 Å². The van der Waals surface area contributed by atoms with Gasteiger partial charge in [-0.1, -0.05) is 42.3 Å². The summed E-state index contributed by atoms with van der Waals surface area (Å²) >= 11 is 6.60. The van der Waals surface area contributed by atoms with Crippen LogP contribution in [0.3, 0.4) is 0 Å². The van der Waals surface area contributed by atoms with E-state index in [0.717, 1.165) is 108 Å². The fourth-order valence-corrected chi connectivity index (χ4v) is 6.40. The minimum absolute atomic E-state index is 0.159. The van der Waals surface area contributed by atoms with Crippen molar-refractivity contribution in [2.24, 2.45) is 0 Å². The number of aromatic nitrogens is 2.